The zero-order valence-electron chi connectivity index (χ0n) is 11.0. The lowest BCUT2D eigenvalue weighted by Gasteiger charge is -2.16. The summed E-state index contributed by atoms with van der Waals surface area (Å²) in [5, 5.41) is 14.5. The Balaban J connectivity index is 2.56. The maximum atomic E-state index is 10.0. The minimum absolute atomic E-state index is 0.806. The average molecular weight is 233 g/mol. The van der Waals surface area contributed by atoms with E-state index in [1.807, 2.05) is 27.0 Å². The molecule has 4 heteroatoms. The van der Waals surface area contributed by atoms with E-state index in [9.17, 15) is 5.11 Å². The van der Waals surface area contributed by atoms with E-state index in [1.165, 1.54) is 0 Å². The predicted molar refractivity (Wildman–Crippen MR) is 67.3 cm³/mol. The smallest absolute Gasteiger partial charge is 0.159 e. The molecule has 0 saturated carbocycles. The van der Waals surface area contributed by atoms with Gasteiger partial charge in [0.05, 0.1) is 5.69 Å². The zero-order valence-corrected chi connectivity index (χ0v) is 11.0. The van der Waals surface area contributed by atoms with Crippen molar-refractivity contribution in [2.75, 3.05) is 0 Å². The molecule has 0 atom stereocenters. The number of aryl methyl sites for hydroxylation is 3. The van der Waals surface area contributed by atoms with Crippen LogP contribution in [0.5, 0.6) is 0 Å². The fourth-order valence-corrected chi connectivity index (χ4v) is 2.16. The average Bonchev–Trinajstić information content (AvgIpc) is 2.69. The van der Waals surface area contributed by atoms with Crippen LogP contribution in [-0.4, -0.2) is 19.5 Å². The van der Waals surface area contributed by atoms with Crippen LogP contribution in [-0.2, 0) is 12.6 Å². The highest BCUT2D eigenvalue weighted by atomic mass is 16.3. The van der Waals surface area contributed by atoms with Gasteiger partial charge in [-0.05, 0) is 39.8 Å². The number of aromatic nitrogens is 3. The van der Waals surface area contributed by atoms with Crippen molar-refractivity contribution in [1.29, 1.82) is 0 Å². The molecule has 0 bridgehead atoms. The summed E-state index contributed by atoms with van der Waals surface area (Å²) in [6, 6.07) is 6.06. The third-order valence-corrected chi connectivity index (χ3v) is 2.99. The molecular weight excluding hydrogens is 214 g/mol. The van der Waals surface area contributed by atoms with Crippen LogP contribution in [0, 0.1) is 13.8 Å². The van der Waals surface area contributed by atoms with Crippen LogP contribution < -0.4 is 0 Å². The highest BCUT2D eigenvalue weighted by Gasteiger charge is 2.22. The van der Waals surface area contributed by atoms with E-state index in [2.05, 4.69) is 21.8 Å². The zero-order chi connectivity index (χ0) is 12.8. The molecule has 0 fully saturated rings. The molecular formula is C13H19N3O. The van der Waals surface area contributed by atoms with Crippen molar-refractivity contribution < 1.29 is 5.11 Å². The second kappa shape index (κ2) is 3.74. The molecule has 0 radical (unpaired) electrons. The molecule has 0 aliphatic carbocycles. The Morgan fingerprint density at radius 3 is 2.12 bits per heavy atom. The Labute approximate surface area is 101 Å². The maximum absolute atomic E-state index is 10.0. The largest absolute Gasteiger partial charge is 0.384 e. The highest BCUT2D eigenvalue weighted by Crippen LogP contribution is 2.23. The lowest BCUT2D eigenvalue weighted by Crippen LogP contribution is -2.19. The minimum atomic E-state index is -0.880. The van der Waals surface area contributed by atoms with E-state index in [1.54, 1.807) is 18.5 Å². The first kappa shape index (κ1) is 11.9. The van der Waals surface area contributed by atoms with Crippen LogP contribution in [0.15, 0.2) is 18.2 Å². The molecule has 0 aromatic carbocycles. The third-order valence-electron chi connectivity index (χ3n) is 2.99. The summed E-state index contributed by atoms with van der Waals surface area (Å²) in [6.45, 7) is 7.63. The number of rotatable bonds is 2. The Hall–Kier alpha value is -1.55. The number of hydrogen-bond donors (Lipinski definition) is 1. The van der Waals surface area contributed by atoms with Gasteiger partial charge in [0.1, 0.15) is 5.60 Å². The van der Waals surface area contributed by atoms with Crippen molar-refractivity contribution >= 4 is 0 Å². The highest BCUT2D eigenvalue weighted by molar-refractivity contribution is 5.34. The van der Waals surface area contributed by atoms with Gasteiger partial charge in [0.15, 0.2) is 5.82 Å². The van der Waals surface area contributed by atoms with E-state index >= 15 is 0 Å². The van der Waals surface area contributed by atoms with E-state index in [0.717, 1.165) is 22.9 Å². The van der Waals surface area contributed by atoms with Crippen molar-refractivity contribution in [3.05, 3.63) is 35.3 Å². The van der Waals surface area contributed by atoms with Gasteiger partial charge in [-0.15, -0.1) is 0 Å². The Kier molecular flexibility index (Phi) is 2.62. The summed E-state index contributed by atoms with van der Waals surface area (Å²) in [4.78, 5) is 0. The molecule has 2 heterocycles. The van der Waals surface area contributed by atoms with E-state index < -0.39 is 5.60 Å². The van der Waals surface area contributed by atoms with Gasteiger partial charge >= 0.3 is 0 Å². The van der Waals surface area contributed by atoms with Gasteiger partial charge in [-0.1, -0.05) is 0 Å². The number of aliphatic hydroxyl groups is 1. The lowest BCUT2D eigenvalue weighted by molar-refractivity contribution is 0.0696. The summed E-state index contributed by atoms with van der Waals surface area (Å²) >= 11 is 0. The van der Waals surface area contributed by atoms with E-state index in [4.69, 9.17) is 0 Å². The minimum Gasteiger partial charge on any atom is -0.384 e. The molecule has 0 amide bonds. The molecule has 0 aliphatic heterocycles. The quantitative estimate of drug-likeness (QED) is 0.862. The number of nitrogens with zero attached hydrogens (tertiary/aromatic N) is 3. The van der Waals surface area contributed by atoms with Crippen molar-refractivity contribution in [2.45, 2.75) is 33.3 Å². The monoisotopic (exact) mass is 233 g/mol. The van der Waals surface area contributed by atoms with Gasteiger partial charge < -0.3 is 9.67 Å². The van der Waals surface area contributed by atoms with Gasteiger partial charge in [-0.3, -0.25) is 4.68 Å². The standard InChI is InChI=1S/C13H19N3O/c1-9-6-7-10(2)16(9)12-8-11(13(3,4)17)15(5)14-12/h6-8,17H,1-5H3. The van der Waals surface area contributed by atoms with Gasteiger partial charge in [0.25, 0.3) is 0 Å². The summed E-state index contributed by atoms with van der Waals surface area (Å²) in [5.41, 5.74) is 2.21. The Morgan fingerprint density at radius 2 is 1.71 bits per heavy atom. The molecule has 1 N–H and O–H groups in total. The summed E-state index contributed by atoms with van der Waals surface area (Å²) in [7, 11) is 1.85. The van der Waals surface area contributed by atoms with Gasteiger partial charge in [-0.2, -0.15) is 5.10 Å². The van der Waals surface area contributed by atoms with E-state index in [0.29, 0.717) is 0 Å². The molecule has 0 spiro atoms. The predicted octanol–water partition coefficient (Wildman–Crippen LogP) is 2.06. The van der Waals surface area contributed by atoms with Crippen LogP contribution in [0.4, 0.5) is 0 Å². The van der Waals surface area contributed by atoms with Gasteiger partial charge in [-0.25, -0.2) is 0 Å². The normalized spacial score (nSPS) is 12.1. The molecule has 0 unspecified atom stereocenters. The molecule has 0 saturated heterocycles. The number of hydrogen-bond acceptors (Lipinski definition) is 2. The molecule has 0 aliphatic rings. The topological polar surface area (TPSA) is 43.0 Å². The molecule has 2 aromatic rings. The fraction of sp³-hybridized carbons (Fsp3) is 0.462. The molecule has 2 aromatic heterocycles. The van der Waals surface area contributed by atoms with Gasteiger partial charge in [0, 0.05) is 24.5 Å². The van der Waals surface area contributed by atoms with Crippen molar-refractivity contribution in [2.24, 2.45) is 7.05 Å². The SMILES string of the molecule is Cc1ccc(C)n1-c1cc(C(C)(C)O)n(C)n1. The van der Waals surface area contributed by atoms with Gasteiger partial charge in [0.2, 0.25) is 0 Å². The second-order valence-corrected chi connectivity index (χ2v) is 5.02. The van der Waals surface area contributed by atoms with Crippen molar-refractivity contribution in [1.82, 2.24) is 14.3 Å². The maximum Gasteiger partial charge on any atom is 0.159 e. The van der Waals surface area contributed by atoms with Crippen LogP contribution in [0.2, 0.25) is 0 Å². The second-order valence-electron chi connectivity index (χ2n) is 5.02. The molecule has 17 heavy (non-hydrogen) atoms. The van der Waals surface area contributed by atoms with Crippen LogP contribution in [0.1, 0.15) is 30.9 Å². The van der Waals surface area contributed by atoms with Crippen molar-refractivity contribution in [3.8, 4) is 5.82 Å². The fourth-order valence-electron chi connectivity index (χ4n) is 2.16. The summed E-state index contributed by atoms with van der Waals surface area (Å²) in [6.07, 6.45) is 0. The first-order valence-electron chi connectivity index (χ1n) is 5.73. The summed E-state index contributed by atoms with van der Waals surface area (Å²) in [5.74, 6) is 0.852. The van der Waals surface area contributed by atoms with Crippen LogP contribution >= 0.6 is 0 Å². The third kappa shape index (κ3) is 2.00. The molecule has 4 nitrogen and oxygen atoms in total. The first-order valence-corrected chi connectivity index (χ1v) is 5.73. The summed E-state index contributed by atoms with van der Waals surface area (Å²) < 4.78 is 3.81. The molecule has 2 rings (SSSR count). The Morgan fingerprint density at radius 1 is 1.18 bits per heavy atom. The van der Waals surface area contributed by atoms with Crippen molar-refractivity contribution in [3.63, 3.8) is 0 Å². The van der Waals surface area contributed by atoms with Crippen LogP contribution in [0.3, 0.4) is 0 Å². The Bertz CT molecular complexity index is 524. The lowest BCUT2D eigenvalue weighted by atomic mass is 10.1. The first-order chi connectivity index (χ1) is 7.80. The molecule has 92 valence electrons. The van der Waals surface area contributed by atoms with Crippen LogP contribution in [0.25, 0.3) is 5.82 Å². The van der Waals surface area contributed by atoms with E-state index in [-0.39, 0.29) is 0 Å².